The van der Waals surface area contributed by atoms with Crippen LogP contribution < -0.4 is 10.2 Å². The molecule has 1 aliphatic heterocycles. The van der Waals surface area contributed by atoms with Crippen LogP contribution >= 0.6 is 11.6 Å². The van der Waals surface area contributed by atoms with Crippen LogP contribution in [0.3, 0.4) is 0 Å². The Balaban J connectivity index is 1.63. The number of aromatic nitrogens is 2. The van der Waals surface area contributed by atoms with Gasteiger partial charge in [0.2, 0.25) is 0 Å². The third-order valence-electron chi connectivity index (χ3n) is 3.87. The normalized spacial score (nSPS) is 14.8. The van der Waals surface area contributed by atoms with Gasteiger partial charge in [0.05, 0.1) is 10.6 Å². The van der Waals surface area contributed by atoms with Crippen molar-refractivity contribution in [2.24, 2.45) is 0 Å². The van der Waals surface area contributed by atoms with Crippen LogP contribution in [0, 0.1) is 0 Å². The summed E-state index contributed by atoms with van der Waals surface area (Å²) in [6.07, 6.45) is 0.0735. The average molecular weight is 383 g/mol. The number of carbonyl (C=O) groups is 1. The lowest BCUT2D eigenvalue weighted by Gasteiger charge is -2.27. The van der Waals surface area contributed by atoms with Crippen molar-refractivity contribution in [1.82, 2.24) is 9.97 Å². The molecular weight excluding hydrogens is 369 g/mol. The Kier molecular flexibility index (Phi) is 5.13. The first-order valence-electron chi connectivity index (χ1n) is 7.73. The number of anilines is 2. The second-order valence-corrected chi connectivity index (χ2v) is 6.03. The Labute approximate surface area is 152 Å². The highest BCUT2D eigenvalue weighted by Crippen LogP contribution is 2.29. The standard InChI is InChI=1S/C17H14ClF3N4O/c18-13-2-1-7-22-15(13)25-8-5-11(6-9-25)16(26)24-14-4-3-12(10-23-14)17(19,20)21/h1-5,7,10H,6,8-9H2,(H,23,24,26). The second kappa shape index (κ2) is 7.33. The van der Waals surface area contributed by atoms with Gasteiger partial charge < -0.3 is 10.2 Å². The fourth-order valence-corrected chi connectivity index (χ4v) is 2.75. The number of pyridine rings is 2. The van der Waals surface area contributed by atoms with Gasteiger partial charge in [-0.15, -0.1) is 0 Å². The highest BCUT2D eigenvalue weighted by atomic mass is 35.5. The molecule has 0 spiro atoms. The van der Waals surface area contributed by atoms with E-state index in [9.17, 15) is 18.0 Å². The van der Waals surface area contributed by atoms with Crippen molar-refractivity contribution < 1.29 is 18.0 Å². The Morgan fingerprint density at radius 1 is 1.23 bits per heavy atom. The molecule has 0 radical (unpaired) electrons. The summed E-state index contributed by atoms with van der Waals surface area (Å²) in [7, 11) is 0. The fourth-order valence-electron chi connectivity index (χ4n) is 2.51. The lowest BCUT2D eigenvalue weighted by atomic mass is 10.1. The molecule has 5 nitrogen and oxygen atoms in total. The SMILES string of the molecule is O=C(Nc1ccc(C(F)(F)F)cn1)C1=CCN(c2ncccc2Cl)CC1. The zero-order chi connectivity index (χ0) is 18.7. The van der Waals surface area contributed by atoms with Crippen molar-refractivity contribution in [1.29, 1.82) is 0 Å². The van der Waals surface area contributed by atoms with Crippen LogP contribution in [0.4, 0.5) is 24.8 Å². The summed E-state index contributed by atoms with van der Waals surface area (Å²) in [6.45, 7) is 1.01. The number of carbonyl (C=O) groups excluding carboxylic acids is 1. The molecule has 0 aliphatic carbocycles. The molecule has 3 rings (SSSR count). The number of alkyl halides is 3. The van der Waals surface area contributed by atoms with E-state index in [2.05, 4.69) is 15.3 Å². The van der Waals surface area contributed by atoms with Crippen LogP contribution in [-0.4, -0.2) is 29.0 Å². The molecule has 1 N–H and O–H groups in total. The van der Waals surface area contributed by atoms with Gasteiger partial charge in [0.1, 0.15) is 11.6 Å². The minimum absolute atomic E-state index is 0.0686. The number of rotatable bonds is 3. The van der Waals surface area contributed by atoms with Crippen molar-refractivity contribution in [2.75, 3.05) is 23.3 Å². The molecule has 0 atom stereocenters. The van der Waals surface area contributed by atoms with E-state index in [1.807, 2.05) is 4.90 Å². The van der Waals surface area contributed by atoms with Gasteiger partial charge in [-0.3, -0.25) is 4.79 Å². The Morgan fingerprint density at radius 3 is 2.62 bits per heavy atom. The first-order chi connectivity index (χ1) is 12.3. The monoisotopic (exact) mass is 382 g/mol. The fraction of sp³-hybridized carbons (Fsp3) is 0.235. The molecular formula is C17H14ClF3N4O. The molecule has 0 unspecified atom stereocenters. The van der Waals surface area contributed by atoms with E-state index in [-0.39, 0.29) is 11.7 Å². The molecule has 0 saturated carbocycles. The molecule has 136 valence electrons. The summed E-state index contributed by atoms with van der Waals surface area (Å²) in [6, 6.07) is 5.49. The molecule has 3 heterocycles. The van der Waals surface area contributed by atoms with E-state index < -0.39 is 11.7 Å². The molecule has 2 aromatic heterocycles. The summed E-state index contributed by atoms with van der Waals surface area (Å²) in [5, 5.41) is 3.04. The van der Waals surface area contributed by atoms with E-state index >= 15 is 0 Å². The molecule has 26 heavy (non-hydrogen) atoms. The molecule has 0 fully saturated rings. The smallest absolute Gasteiger partial charge is 0.351 e. The van der Waals surface area contributed by atoms with E-state index in [1.165, 1.54) is 0 Å². The lowest BCUT2D eigenvalue weighted by molar-refractivity contribution is -0.137. The Hall–Kier alpha value is -2.61. The molecule has 0 saturated heterocycles. The highest BCUT2D eigenvalue weighted by Gasteiger charge is 2.30. The first kappa shape index (κ1) is 18.2. The number of halogens is 4. The van der Waals surface area contributed by atoms with E-state index in [1.54, 1.807) is 24.4 Å². The topological polar surface area (TPSA) is 58.1 Å². The Bertz CT molecular complexity index is 837. The molecule has 0 bridgehead atoms. The van der Waals surface area contributed by atoms with Crippen LogP contribution in [-0.2, 0) is 11.0 Å². The summed E-state index contributed by atoms with van der Waals surface area (Å²) in [5.41, 5.74) is -0.328. The maximum Gasteiger partial charge on any atom is 0.417 e. The maximum atomic E-state index is 12.5. The van der Waals surface area contributed by atoms with E-state index in [4.69, 9.17) is 11.6 Å². The van der Waals surface area contributed by atoms with Gasteiger partial charge in [0, 0.05) is 31.1 Å². The molecule has 0 aromatic carbocycles. The highest BCUT2D eigenvalue weighted by molar-refractivity contribution is 6.32. The van der Waals surface area contributed by atoms with Gasteiger partial charge in [-0.2, -0.15) is 13.2 Å². The predicted octanol–water partition coefficient (Wildman–Crippen LogP) is 3.92. The quantitative estimate of drug-likeness (QED) is 0.874. The van der Waals surface area contributed by atoms with Crippen LogP contribution in [0.2, 0.25) is 5.02 Å². The molecule has 1 amide bonds. The predicted molar refractivity (Wildman–Crippen MR) is 92.0 cm³/mol. The number of hydrogen-bond donors (Lipinski definition) is 1. The summed E-state index contributed by atoms with van der Waals surface area (Å²) < 4.78 is 37.6. The lowest BCUT2D eigenvalue weighted by Crippen LogP contribution is -2.32. The van der Waals surface area contributed by atoms with Crippen molar-refractivity contribution in [3.63, 3.8) is 0 Å². The summed E-state index contributed by atoms with van der Waals surface area (Å²) in [5.74, 6) is 0.331. The van der Waals surface area contributed by atoms with Crippen molar-refractivity contribution in [2.45, 2.75) is 12.6 Å². The third kappa shape index (κ3) is 4.13. The number of amides is 1. The van der Waals surface area contributed by atoms with Gasteiger partial charge in [0.15, 0.2) is 0 Å². The van der Waals surface area contributed by atoms with Gasteiger partial charge in [-0.25, -0.2) is 9.97 Å². The van der Waals surface area contributed by atoms with Crippen LogP contribution in [0.25, 0.3) is 0 Å². The van der Waals surface area contributed by atoms with Crippen LogP contribution in [0.15, 0.2) is 48.3 Å². The average Bonchev–Trinajstić information content (AvgIpc) is 2.62. The van der Waals surface area contributed by atoms with E-state index in [0.717, 1.165) is 12.1 Å². The minimum atomic E-state index is -4.46. The van der Waals surface area contributed by atoms with Gasteiger partial charge in [-0.1, -0.05) is 17.7 Å². The zero-order valence-electron chi connectivity index (χ0n) is 13.4. The van der Waals surface area contributed by atoms with Crippen LogP contribution in [0.5, 0.6) is 0 Å². The summed E-state index contributed by atoms with van der Waals surface area (Å²) >= 11 is 6.12. The number of hydrogen-bond acceptors (Lipinski definition) is 4. The van der Waals surface area contributed by atoms with Gasteiger partial charge in [-0.05, 0) is 30.7 Å². The number of nitrogens with one attached hydrogen (secondary N) is 1. The Morgan fingerprint density at radius 2 is 2.04 bits per heavy atom. The van der Waals surface area contributed by atoms with Crippen molar-refractivity contribution in [3.05, 3.63) is 58.9 Å². The molecule has 1 aliphatic rings. The number of nitrogens with zero attached hydrogens (tertiary/aromatic N) is 3. The minimum Gasteiger partial charge on any atom is -0.351 e. The second-order valence-electron chi connectivity index (χ2n) is 5.62. The largest absolute Gasteiger partial charge is 0.417 e. The van der Waals surface area contributed by atoms with Crippen LogP contribution in [0.1, 0.15) is 12.0 Å². The summed E-state index contributed by atoms with van der Waals surface area (Å²) in [4.78, 5) is 22.1. The van der Waals surface area contributed by atoms with Gasteiger partial charge >= 0.3 is 6.18 Å². The van der Waals surface area contributed by atoms with E-state index in [0.29, 0.717) is 42.1 Å². The molecule has 9 heteroatoms. The third-order valence-corrected chi connectivity index (χ3v) is 4.17. The maximum absolute atomic E-state index is 12.5. The first-order valence-corrected chi connectivity index (χ1v) is 8.11. The zero-order valence-corrected chi connectivity index (χ0v) is 14.2. The van der Waals surface area contributed by atoms with Crippen molar-refractivity contribution >= 4 is 29.1 Å². The van der Waals surface area contributed by atoms with Crippen molar-refractivity contribution in [3.8, 4) is 0 Å². The van der Waals surface area contributed by atoms with Gasteiger partial charge in [0.25, 0.3) is 5.91 Å². The molecule has 2 aromatic rings.